The fraction of sp³-hybridized carbons (Fsp3) is 0.158. The first kappa shape index (κ1) is 45.2. The van der Waals surface area contributed by atoms with E-state index in [1.807, 2.05) is 38.1 Å². The number of aliphatic hydroxyl groups is 2. The van der Waals surface area contributed by atoms with Gasteiger partial charge in [-0.05, 0) is 100 Å². The van der Waals surface area contributed by atoms with Crippen LogP contribution in [0, 0.1) is 42.5 Å². The summed E-state index contributed by atoms with van der Waals surface area (Å²) in [4.78, 5) is 24.5. The van der Waals surface area contributed by atoms with E-state index in [0.717, 1.165) is 11.1 Å². The number of anilines is 2. The minimum atomic E-state index is -0.589. The molecule has 0 saturated carbocycles. The Balaban J connectivity index is 0.000000926. The van der Waals surface area contributed by atoms with Crippen LogP contribution in [0.4, 0.5) is 22.7 Å². The van der Waals surface area contributed by atoms with Gasteiger partial charge in [0.1, 0.15) is 34.4 Å². The number of hydrogen-bond donors (Lipinski definition) is 6. The van der Waals surface area contributed by atoms with Gasteiger partial charge >= 0.3 is 17.4 Å². The summed E-state index contributed by atoms with van der Waals surface area (Å²) in [5.74, 6) is -1.74. The van der Waals surface area contributed by atoms with Crippen LogP contribution in [0.25, 0.3) is 0 Å². The number of azo groups is 2. The van der Waals surface area contributed by atoms with Crippen molar-refractivity contribution in [3.8, 4) is 11.5 Å². The molecule has 12 nitrogen and oxygen atoms in total. The van der Waals surface area contributed by atoms with Crippen molar-refractivity contribution in [2.45, 2.75) is 41.5 Å². The molecule has 2 amide bonds. The maximum atomic E-state index is 12.2. The Morgan fingerprint density at radius 2 is 0.882 bits per heavy atom. The molecule has 51 heavy (non-hydrogen) atoms. The van der Waals surface area contributed by atoms with Gasteiger partial charge in [-0.3, -0.25) is 9.59 Å². The number of phenolic OH excluding ortho intramolecular Hbond substituents is 2. The van der Waals surface area contributed by atoms with Crippen molar-refractivity contribution in [1.82, 2.24) is 0 Å². The van der Waals surface area contributed by atoms with Crippen LogP contribution in [0.1, 0.15) is 36.1 Å². The SMILES string of the molecule is C/C(O)=C(/N=Nc1cc(C)cc(C)c1O)C(=O)Nc1ccccc1.C/C(O)=C(/N=Nc1cc(C)cc(C)c1O)C(=O)Nc1ccccc1.[CH3-].[CH3-].[Cr+2]. The van der Waals surface area contributed by atoms with E-state index in [9.17, 15) is 30.0 Å². The molecule has 13 heteroatoms. The average Bonchev–Trinajstić information content (AvgIpc) is 3.02. The first-order chi connectivity index (χ1) is 22.8. The molecular weight excluding hydrogens is 688 g/mol. The van der Waals surface area contributed by atoms with Gasteiger partial charge in [-0.25, -0.2) is 0 Å². The monoisotopic (exact) mass is 732 g/mol. The molecular formula is C38H44CrN6O6. The normalized spacial score (nSPS) is 11.4. The van der Waals surface area contributed by atoms with Crippen molar-refractivity contribution in [2.75, 3.05) is 10.6 Å². The zero-order chi connectivity index (χ0) is 35.4. The number of para-hydroxylation sites is 2. The first-order valence-electron chi connectivity index (χ1n) is 14.7. The van der Waals surface area contributed by atoms with Gasteiger partial charge in [-0.1, -0.05) is 48.5 Å². The zero-order valence-electron chi connectivity index (χ0n) is 29.9. The molecule has 0 aliphatic rings. The molecule has 0 aromatic heterocycles. The van der Waals surface area contributed by atoms with Gasteiger partial charge in [0.15, 0.2) is 11.4 Å². The van der Waals surface area contributed by atoms with Gasteiger partial charge < -0.3 is 45.9 Å². The van der Waals surface area contributed by atoms with Crippen molar-refractivity contribution in [2.24, 2.45) is 20.5 Å². The van der Waals surface area contributed by atoms with Crippen LogP contribution >= 0.6 is 0 Å². The van der Waals surface area contributed by atoms with Crippen molar-refractivity contribution in [3.63, 3.8) is 0 Å². The molecule has 0 heterocycles. The molecule has 4 aromatic rings. The van der Waals surface area contributed by atoms with Crippen molar-refractivity contribution in [1.29, 1.82) is 0 Å². The van der Waals surface area contributed by atoms with E-state index in [2.05, 4.69) is 31.1 Å². The smallest absolute Gasteiger partial charge is 0.510 e. The molecule has 0 spiro atoms. The topological polar surface area (TPSA) is 189 Å². The van der Waals surface area contributed by atoms with Gasteiger partial charge in [-0.15, -0.1) is 20.5 Å². The minimum Gasteiger partial charge on any atom is -0.510 e. The number of allylic oxidation sites excluding steroid dienone is 2. The number of benzene rings is 4. The molecule has 4 aromatic carbocycles. The Morgan fingerprint density at radius 3 is 1.18 bits per heavy atom. The average molecular weight is 733 g/mol. The van der Waals surface area contributed by atoms with E-state index in [0.29, 0.717) is 22.5 Å². The number of aromatic hydroxyl groups is 2. The Kier molecular flexibility index (Phi) is 18.9. The standard InChI is InChI=1S/2C18H19N3O3.2CH3.Cr/c2*1-11-9-12(2)17(23)15(10-11)20-21-16(13(3)22)18(24)19-14-7-5-4-6-8-14;;;/h2*4-10,22-23H,1-3H3,(H,19,24);2*1H3;/q;;2*-1;+2/b2*16-13-,21-20?;;;. The van der Waals surface area contributed by atoms with Gasteiger partial charge in [0.25, 0.3) is 11.8 Å². The number of nitrogens with zero attached hydrogens (tertiary/aromatic N) is 4. The van der Waals surface area contributed by atoms with E-state index in [4.69, 9.17) is 0 Å². The summed E-state index contributed by atoms with van der Waals surface area (Å²) < 4.78 is 0. The molecule has 0 aliphatic carbocycles. The number of aryl methyl sites for hydroxylation is 4. The van der Waals surface area contributed by atoms with Gasteiger partial charge in [0, 0.05) is 11.4 Å². The van der Waals surface area contributed by atoms with E-state index in [1.54, 1.807) is 74.5 Å². The van der Waals surface area contributed by atoms with E-state index < -0.39 is 11.8 Å². The van der Waals surface area contributed by atoms with Crippen LogP contribution < -0.4 is 10.6 Å². The van der Waals surface area contributed by atoms with Crippen molar-refractivity contribution < 1.29 is 47.4 Å². The maximum absolute atomic E-state index is 12.2. The predicted molar refractivity (Wildman–Crippen MR) is 198 cm³/mol. The summed E-state index contributed by atoms with van der Waals surface area (Å²) in [5, 5.41) is 60.2. The summed E-state index contributed by atoms with van der Waals surface area (Å²) in [5.41, 5.74) is 4.29. The molecule has 0 fully saturated rings. The number of amides is 2. The Labute approximate surface area is 310 Å². The van der Waals surface area contributed by atoms with Gasteiger partial charge in [0.05, 0.1) is 0 Å². The fourth-order valence-corrected chi connectivity index (χ4v) is 4.22. The second kappa shape index (κ2) is 21.3. The molecule has 6 N–H and O–H groups in total. The molecule has 0 bridgehead atoms. The van der Waals surface area contributed by atoms with E-state index >= 15 is 0 Å². The number of phenols is 2. The number of carbonyl (C=O) groups is 2. The van der Waals surface area contributed by atoms with Crippen LogP contribution in [0.2, 0.25) is 0 Å². The summed E-state index contributed by atoms with van der Waals surface area (Å²) in [6.45, 7) is 9.92. The predicted octanol–water partition coefficient (Wildman–Crippen LogP) is 9.94. The summed E-state index contributed by atoms with van der Waals surface area (Å²) in [6, 6.07) is 24.5. The zero-order valence-corrected chi connectivity index (χ0v) is 31.2. The quantitative estimate of drug-likeness (QED) is 0.0452. The summed E-state index contributed by atoms with van der Waals surface area (Å²) >= 11 is 0. The van der Waals surface area contributed by atoms with Crippen LogP contribution in [-0.4, -0.2) is 32.2 Å². The van der Waals surface area contributed by atoms with Gasteiger partial charge in [-0.2, -0.15) is 0 Å². The van der Waals surface area contributed by atoms with Crippen LogP contribution in [0.5, 0.6) is 11.5 Å². The van der Waals surface area contributed by atoms with Crippen LogP contribution in [-0.2, 0) is 27.0 Å². The largest absolute Gasteiger partial charge is 2.00 e. The van der Waals surface area contributed by atoms with E-state index in [-0.39, 0.29) is 78.0 Å². The third-order valence-electron chi connectivity index (χ3n) is 6.54. The number of nitrogens with one attached hydrogen (secondary N) is 2. The first-order valence-corrected chi connectivity index (χ1v) is 14.7. The Bertz CT molecular complexity index is 1760. The number of carbonyl (C=O) groups excluding carboxylic acids is 2. The Morgan fingerprint density at radius 1 is 0.569 bits per heavy atom. The molecule has 268 valence electrons. The van der Waals surface area contributed by atoms with E-state index in [1.165, 1.54) is 13.8 Å². The third-order valence-corrected chi connectivity index (χ3v) is 6.54. The maximum Gasteiger partial charge on any atom is 2.00 e. The minimum absolute atomic E-state index is 0. The number of hydrogen-bond acceptors (Lipinski definition) is 10. The Hall–Kier alpha value is -5.77. The molecule has 0 aliphatic heterocycles. The third kappa shape index (κ3) is 13.6. The van der Waals surface area contributed by atoms with Crippen molar-refractivity contribution >= 4 is 34.6 Å². The summed E-state index contributed by atoms with van der Waals surface area (Å²) in [6.07, 6.45) is 0. The van der Waals surface area contributed by atoms with Gasteiger partial charge in [0.2, 0.25) is 0 Å². The number of rotatable bonds is 8. The second-order valence-electron chi connectivity index (χ2n) is 10.8. The summed E-state index contributed by atoms with van der Waals surface area (Å²) in [7, 11) is 0. The van der Waals surface area contributed by atoms with Crippen molar-refractivity contribution in [3.05, 3.63) is 145 Å². The molecule has 0 radical (unpaired) electrons. The van der Waals surface area contributed by atoms with Crippen LogP contribution in [0.3, 0.4) is 0 Å². The molecule has 0 atom stereocenters. The molecule has 0 unspecified atom stereocenters. The second-order valence-corrected chi connectivity index (χ2v) is 10.8. The fourth-order valence-electron chi connectivity index (χ4n) is 4.22. The number of aliphatic hydroxyl groups excluding tert-OH is 2. The molecule has 4 rings (SSSR count). The molecule has 0 saturated heterocycles. The van der Waals surface area contributed by atoms with Crippen LogP contribution in [0.15, 0.2) is 128 Å².